The van der Waals surface area contributed by atoms with Crippen LogP contribution in [-0.4, -0.2) is 72.5 Å². The largest absolute Gasteiger partial charge is 0.444 e. The summed E-state index contributed by atoms with van der Waals surface area (Å²) in [5, 5.41) is 10.1. The molecular weight excluding hydrogens is 406 g/mol. The second-order valence-electron chi connectivity index (χ2n) is 9.93. The maximum Gasteiger partial charge on any atom is 0.412 e. The standard InChI is InChI=1S/C20H43NO6Si2/c1-13(11-22)15(19(5,6)16(26-28-9)27-29-10)14-12-24-20(7,8)21(14)17(23)25-18(2,3)4/h13-16,22H,11-12,28-29H2,1-10H3/t13-,14?,15+/m1/s1. The van der Waals surface area contributed by atoms with Crippen LogP contribution in [0.3, 0.4) is 0 Å². The molecule has 0 aromatic heterocycles. The maximum atomic E-state index is 13.2. The van der Waals surface area contributed by atoms with Crippen LogP contribution in [0.5, 0.6) is 0 Å². The zero-order valence-electron chi connectivity index (χ0n) is 20.1. The lowest BCUT2D eigenvalue weighted by atomic mass is 9.68. The maximum absolute atomic E-state index is 13.2. The molecule has 1 saturated heterocycles. The molecule has 0 aliphatic carbocycles. The number of ether oxygens (including phenoxy) is 2. The number of carbonyl (C=O) groups is 1. The third kappa shape index (κ3) is 6.51. The van der Waals surface area contributed by atoms with E-state index >= 15 is 0 Å². The molecule has 0 bridgehead atoms. The molecule has 0 aromatic carbocycles. The fourth-order valence-electron chi connectivity index (χ4n) is 4.42. The Bertz CT molecular complexity index is 532. The van der Waals surface area contributed by atoms with Gasteiger partial charge in [0.2, 0.25) is 0 Å². The molecule has 1 amide bonds. The highest BCUT2D eigenvalue weighted by Gasteiger charge is 2.54. The first-order chi connectivity index (χ1) is 13.2. The van der Waals surface area contributed by atoms with Gasteiger partial charge in [-0.25, -0.2) is 4.79 Å². The van der Waals surface area contributed by atoms with E-state index in [0.29, 0.717) is 6.61 Å². The third-order valence-corrected chi connectivity index (χ3v) is 6.80. The second-order valence-corrected chi connectivity index (χ2v) is 11.7. The predicted octanol–water partition coefficient (Wildman–Crippen LogP) is 2.25. The fraction of sp³-hybridized carbons (Fsp3) is 0.950. The van der Waals surface area contributed by atoms with Crippen LogP contribution in [0.15, 0.2) is 0 Å². The van der Waals surface area contributed by atoms with Crippen molar-refractivity contribution in [1.82, 2.24) is 4.90 Å². The van der Waals surface area contributed by atoms with Crippen LogP contribution in [0.1, 0.15) is 55.4 Å². The van der Waals surface area contributed by atoms with Gasteiger partial charge >= 0.3 is 6.09 Å². The van der Waals surface area contributed by atoms with Crippen molar-refractivity contribution in [1.29, 1.82) is 0 Å². The van der Waals surface area contributed by atoms with Crippen molar-refractivity contribution in [2.24, 2.45) is 17.3 Å². The Hall–Kier alpha value is -0.456. The SMILES string of the molecule is C[SiH2]OC(O[SiH2]C)C(C)(C)[C@H](C1COC(C)(C)N1C(=O)OC(C)(C)C)[C@H](C)CO. The molecule has 0 radical (unpaired) electrons. The normalized spacial score (nSPS) is 23.8. The van der Waals surface area contributed by atoms with Gasteiger partial charge in [-0.2, -0.15) is 0 Å². The van der Waals surface area contributed by atoms with Gasteiger partial charge in [0.1, 0.15) is 17.6 Å². The van der Waals surface area contributed by atoms with E-state index in [1.54, 1.807) is 4.90 Å². The van der Waals surface area contributed by atoms with Crippen molar-refractivity contribution in [2.75, 3.05) is 13.2 Å². The van der Waals surface area contributed by atoms with Crippen LogP contribution in [0, 0.1) is 17.3 Å². The van der Waals surface area contributed by atoms with Gasteiger partial charge in [-0.15, -0.1) is 0 Å². The van der Waals surface area contributed by atoms with E-state index in [4.69, 9.17) is 18.3 Å². The number of aliphatic hydroxyl groups is 1. The van der Waals surface area contributed by atoms with Gasteiger partial charge in [0, 0.05) is 12.0 Å². The van der Waals surface area contributed by atoms with E-state index in [-0.39, 0.29) is 30.8 Å². The van der Waals surface area contributed by atoms with Crippen molar-refractivity contribution in [3.63, 3.8) is 0 Å². The van der Waals surface area contributed by atoms with Crippen LogP contribution in [-0.2, 0) is 18.3 Å². The van der Waals surface area contributed by atoms with Gasteiger partial charge in [0.05, 0.1) is 12.6 Å². The van der Waals surface area contributed by atoms with Crippen LogP contribution >= 0.6 is 0 Å². The highest BCUT2D eigenvalue weighted by atomic mass is 28.2. The minimum Gasteiger partial charge on any atom is -0.444 e. The lowest BCUT2D eigenvalue weighted by Gasteiger charge is -2.48. The molecule has 172 valence electrons. The van der Waals surface area contributed by atoms with E-state index in [0.717, 1.165) is 0 Å². The van der Waals surface area contributed by atoms with Crippen LogP contribution < -0.4 is 0 Å². The Morgan fingerprint density at radius 3 is 2.14 bits per heavy atom. The number of amides is 1. The minimum atomic E-state index is -0.799. The van der Waals surface area contributed by atoms with Crippen molar-refractivity contribution >= 4 is 25.6 Å². The van der Waals surface area contributed by atoms with E-state index in [1.807, 2.05) is 41.5 Å². The van der Waals surface area contributed by atoms with Crippen molar-refractivity contribution < 1.29 is 28.2 Å². The number of carbonyl (C=O) groups excluding carboxylic acids is 1. The topological polar surface area (TPSA) is 77.5 Å². The Labute approximate surface area is 181 Å². The number of rotatable bonds is 9. The van der Waals surface area contributed by atoms with Gasteiger partial charge in [0.15, 0.2) is 19.5 Å². The van der Waals surface area contributed by atoms with Gasteiger partial charge in [-0.1, -0.05) is 33.9 Å². The average molecular weight is 450 g/mol. The van der Waals surface area contributed by atoms with E-state index < -0.39 is 42.4 Å². The minimum absolute atomic E-state index is 0.00696. The molecule has 1 N–H and O–H groups in total. The summed E-state index contributed by atoms with van der Waals surface area (Å²) in [7, 11) is -1.39. The lowest BCUT2D eigenvalue weighted by molar-refractivity contribution is -0.134. The number of aliphatic hydroxyl groups excluding tert-OH is 1. The zero-order valence-corrected chi connectivity index (χ0v) is 22.9. The Balaban J connectivity index is 3.38. The molecule has 1 fully saturated rings. The highest BCUT2D eigenvalue weighted by molar-refractivity contribution is 6.26. The lowest BCUT2D eigenvalue weighted by Crippen LogP contribution is -2.58. The summed E-state index contributed by atoms with van der Waals surface area (Å²) in [6.45, 7) is 20.1. The quantitative estimate of drug-likeness (QED) is 0.430. The van der Waals surface area contributed by atoms with Gasteiger partial charge in [0.25, 0.3) is 0 Å². The van der Waals surface area contributed by atoms with Crippen LogP contribution in [0.4, 0.5) is 4.79 Å². The Morgan fingerprint density at radius 2 is 1.72 bits per heavy atom. The molecule has 9 heteroatoms. The van der Waals surface area contributed by atoms with Crippen molar-refractivity contribution in [2.45, 2.75) is 92.1 Å². The molecule has 1 aliphatic heterocycles. The average Bonchev–Trinajstić information content (AvgIpc) is 2.87. The highest BCUT2D eigenvalue weighted by Crippen LogP contribution is 2.45. The third-order valence-electron chi connectivity index (χ3n) is 5.53. The number of hydrogen-bond donors (Lipinski definition) is 1. The second kappa shape index (κ2) is 10.2. The van der Waals surface area contributed by atoms with E-state index in [2.05, 4.69) is 26.9 Å². The molecule has 1 aliphatic rings. The smallest absolute Gasteiger partial charge is 0.412 e. The summed E-state index contributed by atoms with van der Waals surface area (Å²) in [5.41, 5.74) is -1.83. The summed E-state index contributed by atoms with van der Waals surface area (Å²) in [4.78, 5) is 14.9. The summed E-state index contributed by atoms with van der Waals surface area (Å²) < 4.78 is 24.0. The molecule has 7 nitrogen and oxygen atoms in total. The summed E-state index contributed by atoms with van der Waals surface area (Å²) >= 11 is 0. The molecule has 1 unspecified atom stereocenters. The van der Waals surface area contributed by atoms with Gasteiger partial charge in [-0.3, -0.25) is 4.90 Å². The molecule has 0 spiro atoms. The Kier molecular flexibility index (Phi) is 9.38. The molecule has 1 rings (SSSR count). The van der Waals surface area contributed by atoms with Gasteiger partial charge in [-0.05, 0) is 46.5 Å². The number of hydrogen-bond acceptors (Lipinski definition) is 6. The molecule has 29 heavy (non-hydrogen) atoms. The number of nitrogens with zero attached hydrogens (tertiary/aromatic N) is 1. The van der Waals surface area contributed by atoms with Crippen molar-refractivity contribution in [3.05, 3.63) is 0 Å². The summed E-state index contributed by atoms with van der Waals surface area (Å²) in [6, 6.07) is -0.260. The predicted molar refractivity (Wildman–Crippen MR) is 120 cm³/mol. The van der Waals surface area contributed by atoms with Crippen LogP contribution in [0.25, 0.3) is 0 Å². The van der Waals surface area contributed by atoms with E-state index in [1.165, 1.54) is 0 Å². The van der Waals surface area contributed by atoms with Gasteiger partial charge < -0.3 is 23.4 Å². The molecule has 0 saturated carbocycles. The first kappa shape index (κ1) is 26.6. The summed E-state index contributed by atoms with van der Waals surface area (Å²) in [5.74, 6) is -0.183. The fourth-order valence-corrected chi connectivity index (χ4v) is 6.27. The molecule has 3 atom stereocenters. The zero-order chi connectivity index (χ0) is 22.6. The first-order valence-corrected chi connectivity index (χ1v) is 14.7. The Morgan fingerprint density at radius 1 is 1.21 bits per heavy atom. The molecule has 0 aromatic rings. The monoisotopic (exact) mass is 449 g/mol. The van der Waals surface area contributed by atoms with E-state index in [9.17, 15) is 9.90 Å². The van der Waals surface area contributed by atoms with Crippen LogP contribution in [0.2, 0.25) is 13.1 Å². The first-order valence-electron chi connectivity index (χ1n) is 10.7. The summed E-state index contributed by atoms with van der Waals surface area (Å²) in [6.07, 6.45) is -0.747. The molecule has 1 heterocycles. The molecular formula is C20H43NO6Si2. The van der Waals surface area contributed by atoms with Crippen molar-refractivity contribution in [3.8, 4) is 0 Å².